The highest BCUT2D eigenvalue weighted by Gasteiger charge is 2.73. The van der Waals surface area contributed by atoms with Crippen LogP contribution in [0.3, 0.4) is 0 Å². The first-order valence-electron chi connectivity index (χ1n) is 10.3. The van der Waals surface area contributed by atoms with Crippen LogP contribution in [0.2, 0.25) is 0 Å². The molecule has 6 N–H and O–H groups in total. The van der Waals surface area contributed by atoms with E-state index >= 15 is 0 Å². The summed E-state index contributed by atoms with van der Waals surface area (Å²) in [7, 11) is 0. The van der Waals surface area contributed by atoms with Crippen molar-refractivity contribution in [1.29, 1.82) is 0 Å². The van der Waals surface area contributed by atoms with Gasteiger partial charge in [-0.25, -0.2) is 0 Å². The van der Waals surface area contributed by atoms with Gasteiger partial charge in [-0.15, -0.1) is 0 Å². The SMILES string of the molecule is C[C@@]12C(=CC(=O)C(O)(O)C1(O)O)CC[C@H]1[C@@H]2CC[C@@]2(C)[C@H]1CC[C@]2(O)C(=O)CO. The van der Waals surface area contributed by atoms with Gasteiger partial charge in [0.25, 0.3) is 5.79 Å². The van der Waals surface area contributed by atoms with Gasteiger partial charge >= 0.3 is 0 Å². The van der Waals surface area contributed by atoms with Crippen LogP contribution in [0.1, 0.15) is 52.4 Å². The maximum absolute atomic E-state index is 12.4. The lowest BCUT2D eigenvalue weighted by Crippen LogP contribution is -2.73. The molecule has 0 bridgehead atoms. The van der Waals surface area contributed by atoms with Crippen LogP contribution in [0.4, 0.5) is 0 Å². The molecular formula is C21H30O8. The molecule has 4 rings (SSSR count). The van der Waals surface area contributed by atoms with Crippen molar-refractivity contribution in [2.45, 2.75) is 69.5 Å². The van der Waals surface area contributed by atoms with E-state index in [9.17, 15) is 40.2 Å². The normalized spacial score (nSPS) is 47.7. The van der Waals surface area contributed by atoms with Crippen molar-refractivity contribution in [3.05, 3.63) is 11.6 Å². The molecule has 0 amide bonds. The van der Waals surface area contributed by atoms with Crippen LogP contribution in [0, 0.1) is 28.6 Å². The van der Waals surface area contributed by atoms with E-state index in [0.29, 0.717) is 37.7 Å². The predicted octanol–water partition coefficient (Wildman–Crippen LogP) is -0.608. The lowest BCUT2D eigenvalue weighted by atomic mass is 9.44. The number of hydrogen-bond acceptors (Lipinski definition) is 8. The van der Waals surface area contributed by atoms with E-state index in [1.807, 2.05) is 6.92 Å². The number of carbonyl (C=O) groups is 2. The van der Waals surface area contributed by atoms with Crippen molar-refractivity contribution in [2.24, 2.45) is 28.6 Å². The van der Waals surface area contributed by atoms with E-state index in [1.165, 1.54) is 0 Å². The van der Waals surface area contributed by atoms with E-state index in [2.05, 4.69) is 0 Å². The largest absolute Gasteiger partial charge is 0.388 e. The lowest BCUT2D eigenvalue weighted by Gasteiger charge is -2.62. The number of aliphatic hydroxyl groups excluding tert-OH is 1. The van der Waals surface area contributed by atoms with Gasteiger partial charge in [0.1, 0.15) is 12.2 Å². The minimum Gasteiger partial charge on any atom is -0.388 e. The van der Waals surface area contributed by atoms with E-state index in [1.54, 1.807) is 6.92 Å². The molecule has 6 atom stereocenters. The maximum Gasteiger partial charge on any atom is 0.284 e. The Kier molecular flexibility index (Phi) is 4.33. The molecule has 29 heavy (non-hydrogen) atoms. The molecule has 0 saturated heterocycles. The first kappa shape index (κ1) is 21.1. The summed E-state index contributed by atoms with van der Waals surface area (Å²) in [4.78, 5) is 24.5. The van der Waals surface area contributed by atoms with Crippen molar-refractivity contribution in [1.82, 2.24) is 0 Å². The van der Waals surface area contributed by atoms with Gasteiger partial charge in [-0.05, 0) is 62.4 Å². The van der Waals surface area contributed by atoms with Crippen molar-refractivity contribution < 1.29 is 40.2 Å². The molecule has 0 unspecified atom stereocenters. The van der Waals surface area contributed by atoms with Crippen LogP contribution >= 0.6 is 0 Å². The monoisotopic (exact) mass is 410 g/mol. The van der Waals surface area contributed by atoms with Crippen LogP contribution in [0.5, 0.6) is 0 Å². The second-order valence-corrected chi connectivity index (χ2v) is 9.93. The van der Waals surface area contributed by atoms with E-state index < -0.39 is 46.2 Å². The smallest absolute Gasteiger partial charge is 0.284 e. The summed E-state index contributed by atoms with van der Waals surface area (Å²) >= 11 is 0. The van der Waals surface area contributed by atoms with Crippen LogP contribution in [-0.4, -0.2) is 66.0 Å². The molecule has 3 fully saturated rings. The first-order chi connectivity index (χ1) is 13.3. The average molecular weight is 410 g/mol. The van der Waals surface area contributed by atoms with Crippen molar-refractivity contribution in [2.75, 3.05) is 6.61 Å². The van der Waals surface area contributed by atoms with Gasteiger partial charge in [0.15, 0.2) is 5.78 Å². The Balaban J connectivity index is 1.78. The number of carbonyl (C=O) groups excluding carboxylic acids is 2. The van der Waals surface area contributed by atoms with Crippen molar-refractivity contribution in [3.8, 4) is 0 Å². The van der Waals surface area contributed by atoms with Crippen molar-refractivity contribution >= 4 is 11.6 Å². The zero-order chi connectivity index (χ0) is 21.6. The molecule has 8 nitrogen and oxygen atoms in total. The molecular weight excluding hydrogens is 380 g/mol. The molecule has 0 radical (unpaired) electrons. The van der Waals surface area contributed by atoms with Gasteiger partial charge in [0, 0.05) is 5.41 Å². The van der Waals surface area contributed by atoms with E-state index in [0.717, 1.165) is 6.08 Å². The Bertz CT molecular complexity index is 801. The second kappa shape index (κ2) is 5.96. The van der Waals surface area contributed by atoms with Crippen LogP contribution in [0.15, 0.2) is 11.6 Å². The third kappa shape index (κ3) is 2.20. The Hall–Kier alpha value is -1.16. The Labute approximate surface area is 168 Å². The standard InChI is InChI=1S/C21H30O8/c1-17-7-5-14-12(13(17)6-8-19(17,25)16(24)10-22)4-3-11-9-15(23)20(26,27)21(28,29)18(11,14)2/h9,12-14,22,25-29H,3-8,10H2,1-2H3/t12-,13+,14+,17+,18+,19+/m1/s1. The van der Waals surface area contributed by atoms with Gasteiger partial charge in [-0.1, -0.05) is 19.4 Å². The minimum atomic E-state index is -3.31. The fourth-order valence-electron chi connectivity index (χ4n) is 7.33. The summed E-state index contributed by atoms with van der Waals surface area (Å²) in [5.41, 5.74) is -3.32. The molecule has 0 aromatic rings. The van der Waals surface area contributed by atoms with Gasteiger partial charge in [-0.2, -0.15) is 0 Å². The average Bonchev–Trinajstić information content (AvgIpc) is 2.94. The fourth-order valence-corrected chi connectivity index (χ4v) is 7.33. The number of Topliss-reactive ketones (excluding diaryl/α,β-unsaturated/α-hetero) is 1. The molecule has 0 aromatic heterocycles. The summed E-state index contributed by atoms with van der Waals surface area (Å²) in [6, 6.07) is 0. The molecule has 0 heterocycles. The highest BCUT2D eigenvalue weighted by atomic mass is 16.6. The molecule has 4 aliphatic carbocycles. The van der Waals surface area contributed by atoms with E-state index in [-0.39, 0.29) is 24.2 Å². The van der Waals surface area contributed by atoms with E-state index in [4.69, 9.17) is 0 Å². The summed E-state index contributed by atoms with van der Waals surface area (Å²) in [6.45, 7) is 2.69. The van der Waals surface area contributed by atoms with Gasteiger partial charge in [-0.3, -0.25) is 9.59 Å². The summed E-state index contributed by atoms with van der Waals surface area (Å²) in [6.07, 6.45) is 3.79. The molecule has 0 aliphatic heterocycles. The quantitative estimate of drug-likeness (QED) is 0.330. The maximum atomic E-state index is 12.4. The number of hydrogen-bond donors (Lipinski definition) is 6. The fraction of sp³-hybridized carbons (Fsp3) is 0.810. The minimum absolute atomic E-state index is 0.0969. The zero-order valence-corrected chi connectivity index (χ0v) is 16.8. The third-order valence-electron chi connectivity index (χ3n) is 9.21. The lowest BCUT2D eigenvalue weighted by molar-refractivity contribution is -0.386. The number of ketones is 2. The highest BCUT2D eigenvalue weighted by molar-refractivity contribution is 5.98. The second-order valence-electron chi connectivity index (χ2n) is 9.93. The number of rotatable bonds is 2. The van der Waals surface area contributed by atoms with Crippen LogP contribution in [0.25, 0.3) is 0 Å². The number of aliphatic hydroxyl groups is 6. The van der Waals surface area contributed by atoms with Crippen LogP contribution < -0.4 is 0 Å². The van der Waals surface area contributed by atoms with Crippen LogP contribution in [-0.2, 0) is 9.59 Å². The summed E-state index contributed by atoms with van der Waals surface area (Å²) in [5.74, 6) is -8.66. The van der Waals surface area contributed by atoms with Crippen molar-refractivity contribution in [3.63, 3.8) is 0 Å². The summed E-state index contributed by atoms with van der Waals surface area (Å²) in [5, 5.41) is 62.7. The summed E-state index contributed by atoms with van der Waals surface area (Å²) < 4.78 is 0. The zero-order valence-electron chi connectivity index (χ0n) is 16.8. The highest BCUT2D eigenvalue weighted by Crippen LogP contribution is 2.69. The third-order valence-corrected chi connectivity index (χ3v) is 9.21. The predicted molar refractivity (Wildman–Crippen MR) is 98.9 cm³/mol. The topological polar surface area (TPSA) is 156 Å². The molecule has 3 saturated carbocycles. The number of fused-ring (bicyclic) bond motifs is 5. The van der Waals surface area contributed by atoms with Gasteiger partial charge < -0.3 is 30.6 Å². The Morgan fingerprint density at radius 1 is 1.03 bits per heavy atom. The molecule has 0 aromatic carbocycles. The Morgan fingerprint density at radius 2 is 1.66 bits per heavy atom. The van der Waals surface area contributed by atoms with Gasteiger partial charge in [0.05, 0.1) is 5.41 Å². The Morgan fingerprint density at radius 3 is 2.28 bits per heavy atom. The molecule has 4 aliphatic rings. The first-order valence-corrected chi connectivity index (χ1v) is 10.3. The van der Waals surface area contributed by atoms with Gasteiger partial charge in [0.2, 0.25) is 11.6 Å². The molecule has 8 heteroatoms. The molecule has 162 valence electrons. The molecule has 0 spiro atoms.